The molecule has 0 bridgehead atoms. The summed E-state index contributed by atoms with van der Waals surface area (Å²) in [5, 5.41) is 13.3. The van der Waals surface area contributed by atoms with Crippen molar-refractivity contribution >= 4 is 11.8 Å². The molecule has 0 amide bonds. The topological polar surface area (TPSA) is 41.5 Å². The second-order valence-corrected chi connectivity index (χ2v) is 6.04. The van der Waals surface area contributed by atoms with Gasteiger partial charge in [-0.1, -0.05) is 32.0 Å². The third-order valence-electron chi connectivity index (χ3n) is 3.17. The van der Waals surface area contributed by atoms with Crippen molar-refractivity contribution in [2.45, 2.75) is 38.2 Å². The molecule has 0 fully saturated rings. The standard InChI is InChI=1S/C15H25NO2S/c1-5-16-14(10-19-12(3)11(2)17)13-8-6-7-9-15(13)18-4/h6-9,11-12,14,16-17H,5,10H2,1-4H3. The van der Waals surface area contributed by atoms with Gasteiger partial charge in [-0.25, -0.2) is 0 Å². The summed E-state index contributed by atoms with van der Waals surface area (Å²) in [6.45, 7) is 6.90. The smallest absolute Gasteiger partial charge is 0.123 e. The molecule has 0 saturated carbocycles. The van der Waals surface area contributed by atoms with Crippen molar-refractivity contribution in [2.75, 3.05) is 19.4 Å². The number of para-hydroxylation sites is 1. The first-order valence-corrected chi connectivity index (χ1v) is 7.81. The highest BCUT2D eigenvalue weighted by molar-refractivity contribution is 7.99. The van der Waals surface area contributed by atoms with Crippen molar-refractivity contribution in [1.82, 2.24) is 5.32 Å². The lowest BCUT2D eigenvalue weighted by molar-refractivity contribution is 0.196. The maximum Gasteiger partial charge on any atom is 0.123 e. The van der Waals surface area contributed by atoms with E-state index >= 15 is 0 Å². The summed E-state index contributed by atoms with van der Waals surface area (Å²) in [6, 6.07) is 8.34. The number of benzene rings is 1. The Hall–Kier alpha value is -0.710. The molecule has 3 unspecified atom stereocenters. The molecule has 0 heterocycles. The fraction of sp³-hybridized carbons (Fsp3) is 0.600. The second kappa shape index (κ2) is 8.46. The molecular weight excluding hydrogens is 258 g/mol. The Morgan fingerprint density at radius 2 is 2.00 bits per heavy atom. The van der Waals surface area contributed by atoms with Gasteiger partial charge in [0.25, 0.3) is 0 Å². The van der Waals surface area contributed by atoms with Crippen molar-refractivity contribution in [3.05, 3.63) is 29.8 Å². The summed E-state index contributed by atoms with van der Waals surface area (Å²) < 4.78 is 5.43. The lowest BCUT2D eigenvalue weighted by atomic mass is 10.1. The molecule has 0 aliphatic heterocycles. The molecule has 0 aliphatic carbocycles. The van der Waals surface area contributed by atoms with Crippen LogP contribution in [-0.2, 0) is 0 Å². The van der Waals surface area contributed by atoms with Crippen molar-refractivity contribution in [2.24, 2.45) is 0 Å². The minimum absolute atomic E-state index is 0.232. The van der Waals surface area contributed by atoms with Crippen molar-refractivity contribution < 1.29 is 9.84 Å². The SMILES string of the molecule is CCNC(CSC(C)C(C)O)c1ccccc1OC. The van der Waals surface area contributed by atoms with E-state index in [0.29, 0.717) is 0 Å². The summed E-state index contributed by atoms with van der Waals surface area (Å²) in [7, 11) is 1.70. The summed E-state index contributed by atoms with van der Waals surface area (Å²) in [4.78, 5) is 0. The van der Waals surface area contributed by atoms with E-state index in [1.165, 1.54) is 5.56 Å². The van der Waals surface area contributed by atoms with Crippen LogP contribution in [0.15, 0.2) is 24.3 Å². The molecule has 3 nitrogen and oxygen atoms in total. The molecule has 19 heavy (non-hydrogen) atoms. The molecule has 2 N–H and O–H groups in total. The van der Waals surface area contributed by atoms with Gasteiger partial charge in [0.2, 0.25) is 0 Å². The van der Waals surface area contributed by atoms with Crippen LogP contribution in [0.4, 0.5) is 0 Å². The first kappa shape index (κ1) is 16.3. The first-order valence-electron chi connectivity index (χ1n) is 6.76. The number of methoxy groups -OCH3 is 1. The zero-order chi connectivity index (χ0) is 14.3. The summed E-state index contributed by atoms with van der Waals surface area (Å²) in [5.41, 5.74) is 1.18. The number of aliphatic hydroxyl groups is 1. The van der Waals surface area contributed by atoms with Gasteiger partial charge >= 0.3 is 0 Å². The normalized spacial score (nSPS) is 15.8. The Balaban J connectivity index is 2.76. The predicted molar refractivity (Wildman–Crippen MR) is 83.0 cm³/mol. The highest BCUT2D eigenvalue weighted by Crippen LogP contribution is 2.29. The Bertz CT molecular complexity index is 371. The molecule has 108 valence electrons. The molecule has 0 radical (unpaired) electrons. The molecule has 1 rings (SSSR count). The molecule has 0 spiro atoms. The van der Waals surface area contributed by atoms with E-state index in [0.717, 1.165) is 18.0 Å². The maximum absolute atomic E-state index is 9.57. The molecular formula is C15H25NO2S. The Labute approximate surface area is 120 Å². The molecule has 4 heteroatoms. The average Bonchev–Trinajstić information content (AvgIpc) is 2.42. The zero-order valence-corrected chi connectivity index (χ0v) is 13.0. The number of ether oxygens (including phenoxy) is 1. The van der Waals surface area contributed by atoms with Gasteiger partial charge in [0.1, 0.15) is 5.75 Å². The van der Waals surface area contributed by atoms with Gasteiger partial charge in [0.15, 0.2) is 0 Å². The fourth-order valence-electron chi connectivity index (χ4n) is 1.85. The molecule has 1 aromatic carbocycles. The number of hydrogen-bond donors (Lipinski definition) is 2. The van der Waals surface area contributed by atoms with Crippen LogP contribution in [0.5, 0.6) is 5.75 Å². The highest BCUT2D eigenvalue weighted by atomic mass is 32.2. The van der Waals surface area contributed by atoms with Crippen LogP contribution in [0.1, 0.15) is 32.4 Å². The Kier molecular flexibility index (Phi) is 7.28. The largest absolute Gasteiger partial charge is 0.496 e. The van der Waals surface area contributed by atoms with Gasteiger partial charge in [0, 0.05) is 22.6 Å². The van der Waals surface area contributed by atoms with Gasteiger partial charge in [-0.05, 0) is 19.5 Å². The van der Waals surface area contributed by atoms with E-state index in [-0.39, 0.29) is 17.4 Å². The van der Waals surface area contributed by atoms with E-state index in [1.807, 2.05) is 25.1 Å². The highest BCUT2D eigenvalue weighted by Gasteiger charge is 2.17. The number of rotatable bonds is 8. The fourth-order valence-corrected chi connectivity index (χ4v) is 2.92. The van der Waals surface area contributed by atoms with Gasteiger partial charge in [-0.15, -0.1) is 0 Å². The summed E-state index contributed by atoms with van der Waals surface area (Å²) in [5.74, 6) is 1.83. The molecule has 0 aliphatic rings. The van der Waals surface area contributed by atoms with Crippen molar-refractivity contribution in [1.29, 1.82) is 0 Å². The van der Waals surface area contributed by atoms with E-state index in [2.05, 4.69) is 25.2 Å². The summed E-state index contributed by atoms with van der Waals surface area (Å²) >= 11 is 1.78. The van der Waals surface area contributed by atoms with Crippen molar-refractivity contribution in [3.8, 4) is 5.75 Å². The average molecular weight is 283 g/mol. The monoisotopic (exact) mass is 283 g/mol. The number of aliphatic hydroxyl groups excluding tert-OH is 1. The maximum atomic E-state index is 9.57. The van der Waals surface area contributed by atoms with Crippen LogP contribution < -0.4 is 10.1 Å². The Morgan fingerprint density at radius 3 is 2.58 bits per heavy atom. The predicted octanol–water partition coefficient (Wildman–Crippen LogP) is 2.85. The van der Waals surface area contributed by atoms with Crippen molar-refractivity contribution in [3.63, 3.8) is 0 Å². The van der Waals surface area contributed by atoms with Crippen LogP contribution in [0.3, 0.4) is 0 Å². The lowest BCUT2D eigenvalue weighted by Crippen LogP contribution is -2.25. The first-order chi connectivity index (χ1) is 9.10. The summed E-state index contributed by atoms with van der Waals surface area (Å²) in [6.07, 6.45) is -0.287. The zero-order valence-electron chi connectivity index (χ0n) is 12.2. The third-order valence-corrected chi connectivity index (χ3v) is 4.62. The van der Waals surface area contributed by atoms with Crippen LogP contribution in [0.25, 0.3) is 0 Å². The second-order valence-electron chi connectivity index (χ2n) is 4.63. The number of hydrogen-bond acceptors (Lipinski definition) is 4. The van der Waals surface area contributed by atoms with Gasteiger partial charge in [-0.2, -0.15) is 11.8 Å². The Morgan fingerprint density at radius 1 is 1.32 bits per heavy atom. The van der Waals surface area contributed by atoms with E-state index in [1.54, 1.807) is 18.9 Å². The van der Waals surface area contributed by atoms with E-state index < -0.39 is 0 Å². The third kappa shape index (κ3) is 5.05. The minimum Gasteiger partial charge on any atom is -0.496 e. The lowest BCUT2D eigenvalue weighted by Gasteiger charge is -2.23. The van der Waals surface area contributed by atoms with E-state index in [4.69, 9.17) is 4.74 Å². The molecule has 1 aromatic rings. The van der Waals surface area contributed by atoms with Gasteiger partial charge < -0.3 is 15.2 Å². The molecule has 0 saturated heterocycles. The number of nitrogens with one attached hydrogen (secondary N) is 1. The van der Waals surface area contributed by atoms with Gasteiger partial charge in [-0.3, -0.25) is 0 Å². The quantitative estimate of drug-likeness (QED) is 0.770. The van der Waals surface area contributed by atoms with Crippen LogP contribution >= 0.6 is 11.8 Å². The minimum atomic E-state index is -0.287. The van der Waals surface area contributed by atoms with Crippen LogP contribution in [0.2, 0.25) is 0 Å². The molecule has 0 aromatic heterocycles. The van der Waals surface area contributed by atoms with E-state index in [9.17, 15) is 5.11 Å². The van der Waals surface area contributed by atoms with Gasteiger partial charge in [0.05, 0.1) is 13.2 Å². The number of thioether (sulfide) groups is 1. The molecule has 3 atom stereocenters. The van der Waals surface area contributed by atoms with Crippen LogP contribution in [0, 0.1) is 0 Å². The van der Waals surface area contributed by atoms with Crippen LogP contribution in [-0.4, -0.2) is 35.9 Å².